The van der Waals surface area contributed by atoms with E-state index in [1.165, 1.54) is 3.57 Å². The van der Waals surface area contributed by atoms with Gasteiger partial charge >= 0.3 is 0 Å². The summed E-state index contributed by atoms with van der Waals surface area (Å²) in [6.07, 6.45) is 4.25. The molecule has 17 heavy (non-hydrogen) atoms. The lowest BCUT2D eigenvalue weighted by Crippen LogP contribution is -2.31. The normalized spacial score (nSPS) is 17.2. The van der Waals surface area contributed by atoms with Crippen LogP contribution in [0.4, 0.5) is 0 Å². The van der Waals surface area contributed by atoms with Crippen LogP contribution in [0, 0.1) is 3.57 Å². The first-order valence-electron chi connectivity index (χ1n) is 5.46. The molecule has 5 heteroatoms. The van der Waals surface area contributed by atoms with Gasteiger partial charge in [-0.2, -0.15) is 0 Å². The third-order valence-electron chi connectivity index (χ3n) is 2.68. The molecule has 1 aromatic carbocycles. The molecule has 1 unspecified atom stereocenters. The first-order chi connectivity index (χ1) is 8.22. The zero-order chi connectivity index (χ0) is 12.3. The molecule has 1 atom stereocenters. The Hall–Kier alpha value is -0.110. The predicted octanol–water partition coefficient (Wildman–Crippen LogP) is 3.25. The largest absolute Gasteiger partial charge is 0.496 e. The third-order valence-corrected chi connectivity index (χ3v) is 4.16. The molecule has 3 N–H and O–H groups in total. The van der Waals surface area contributed by atoms with Crippen molar-refractivity contribution in [2.24, 2.45) is 5.84 Å². The van der Waals surface area contributed by atoms with Crippen molar-refractivity contribution in [3.63, 3.8) is 0 Å². The van der Waals surface area contributed by atoms with Crippen LogP contribution < -0.4 is 11.3 Å². The number of hydrogen-bond donors (Lipinski definition) is 2. The number of ether oxygens (including phenoxy) is 1. The summed E-state index contributed by atoms with van der Waals surface area (Å²) in [5.41, 5.74) is 3.97. The maximum Gasteiger partial charge on any atom is 0.115 e. The van der Waals surface area contributed by atoms with Gasteiger partial charge in [0.1, 0.15) is 11.8 Å². The van der Waals surface area contributed by atoms with E-state index in [4.69, 9.17) is 10.6 Å². The van der Waals surface area contributed by atoms with E-state index < -0.39 is 0 Å². The maximum atomic E-state index is 5.68. The summed E-state index contributed by atoms with van der Waals surface area (Å²) >= 11 is 5.80. The van der Waals surface area contributed by atoms with Gasteiger partial charge in [0.25, 0.3) is 0 Å². The van der Waals surface area contributed by atoms with Gasteiger partial charge in [-0.15, -0.1) is 0 Å². The lowest BCUT2D eigenvalue weighted by Gasteiger charge is -2.24. The van der Waals surface area contributed by atoms with Crippen molar-refractivity contribution < 1.29 is 4.74 Å². The van der Waals surface area contributed by atoms with E-state index in [0.29, 0.717) is 0 Å². The number of rotatable bonds is 3. The Labute approximate surface area is 123 Å². The molecular formula is C12H14BrIN2O. The molecule has 1 heterocycles. The number of benzene rings is 1. The van der Waals surface area contributed by atoms with Crippen molar-refractivity contribution >= 4 is 38.5 Å². The Morgan fingerprint density at radius 1 is 1.47 bits per heavy atom. The molecule has 0 saturated carbocycles. The van der Waals surface area contributed by atoms with Gasteiger partial charge in [0.2, 0.25) is 0 Å². The minimum atomic E-state index is -0.0697. The molecule has 1 aliphatic heterocycles. The monoisotopic (exact) mass is 408 g/mol. The van der Waals surface area contributed by atoms with E-state index in [9.17, 15) is 0 Å². The Balaban J connectivity index is 2.34. The number of halogens is 2. The highest BCUT2D eigenvalue weighted by atomic mass is 127. The zero-order valence-electron chi connectivity index (χ0n) is 9.25. The van der Waals surface area contributed by atoms with E-state index in [0.717, 1.165) is 35.2 Å². The van der Waals surface area contributed by atoms with Gasteiger partial charge in [0.15, 0.2) is 0 Å². The molecule has 3 nitrogen and oxygen atoms in total. The third kappa shape index (κ3) is 3.21. The van der Waals surface area contributed by atoms with Gasteiger partial charge in [-0.1, -0.05) is 15.9 Å². The van der Waals surface area contributed by atoms with E-state index in [-0.39, 0.29) is 6.04 Å². The van der Waals surface area contributed by atoms with Crippen molar-refractivity contribution in [1.29, 1.82) is 0 Å². The summed E-state index contributed by atoms with van der Waals surface area (Å²) in [7, 11) is 0. The minimum Gasteiger partial charge on any atom is -0.496 e. The number of allylic oxidation sites excluding steroid dienone is 1. The van der Waals surface area contributed by atoms with Gasteiger partial charge < -0.3 is 4.74 Å². The van der Waals surface area contributed by atoms with Gasteiger partial charge in [0, 0.05) is 8.04 Å². The van der Waals surface area contributed by atoms with Crippen LogP contribution in [0.5, 0.6) is 0 Å². The van der Waals surface area contributed by atoms with Gasteiger partial charge in [-0.05, 0) is 65.3 Å². The summed E-state index contributed by atoms with van der Waals surface area (Å²) in [6, 6.07) is 6.09. The van der Waals surface area contributed by atoms with E-state index >= 15 is 0 Å². The van der Waals surface area contributed by atoms with Crippen LogP contribution in [0.2, 0.25) is 0 Å². The lowest BCUT2D eigenvalue weighted by atomic mass is 10.0. The summed E-state index contributed by atoms with van der Waals surface area (Å²) in [4.78, 5) is 0. The minimum absolute atomic E-state index is 0.0697. The molecule has 1 aromatic rings. The smallest absolute Gasteiger partial charge is 0.115 e. The average molecular weight is 409 g/mol. The average Bonchev–Trinajstić information content (AvgIpc) is 2.36. The molecule has 2 rings (SSSR count). The van der Waals surface area contributed by atoms with Crippen molar-refractivity contribution in [3.05, 3.63) is 43.6 Å². The van der Waals surface area contributed by atoms with Crippen molar-refractivity contribution in [3.8, 4) is 0 Å². The topological polar surface area (TPSA) is 47.3 Å². The second-order valence-corrected chi connectivity index (χ2v) is 5.94. The van der Waals surface area contributed by atoms with Crippen LogP contribution in [0.15, 0.2) is 34.5 Å². The lowest BCUT2D eigenvalue weighted by molar-refractivity contribution is 0.167. The second kappa shape index (κ2) is 6.17. The SMILES string of the molecule is NNC(C1=CCCCO1)c1cc(Br)ccc1I. The molecule has 0 saturated heterocycles. The van der Waals surface area contributed by atoms with E-state index in [1.54, 1.807) is 0 Å². The fraction of sp³-hybridized carbons (Fsp3) is 0.333. The van der Waals surface area contributed by atoms with Crippen molar-refractivity contribution in [2.45, 2.75) is 18.9 Å². The van der Waals surface area contributed by atoms with E-state index in [2.05, 4.69) is 62.2 Å². The predicted molar refractivity (Wildman–Crippen MR) is 80.2 cm³/mol. The molecule has 0 aliphatic carbocycles. The zero-order valence-corrected chi connectivity index (χ0v) is 13.0. The van der Waals surface area contributed by atoms with Crippen LogP contribution in [0.3, 0.4) is 0 Å². The molecule has 0 fully saturated rings. The molecule has 0 radical (unpaired) electrons. The number of nitrogens with two attached hydrogens (primary N) is 1. The molecule has 92 valence electrons. The van der Waals surface area contributed by atoms with Crippen LogP contribution in [-0.4, -0.2) is 6.61 Å². The summed E-state index contributed by atoms with van der Waals surface area (Å²) < 4.78 is 7.90. The number of hydrazine groups is 1. The highest BCUT2D eigenvalue weighted by molar-refractivity contribution is 14.1. The molecule has 0 amide bonds. The Kier molecular flexibility index (Phi) is 4.84. The Morgan fingerprint density at radius 2 is 2.29 bits per heavy atom. The van der Waals surface area contributed by atoms with Crippen LogP contribution >= 0.6 is 38.5 Å². The first kappa shape index (κ1) is 13.3. The van der Waals surface area contributed by atoms with Crippen LogP contribution in [-0.2, 0) is 4.74 Å². The Morgan fingerprint density at radius 3 is 2.94 bits per heavy atom. The first-order valence-corrected chi connectivity index (χ1v) is 7.33. The standard InChI is InChI=1S/C12H14BrIN2O/c13-8-4-5-10(14)9(7-8)12(16-15)11-3-1-2-6-17-11/h3-5,7,12,16H,1-2,6,15H2. The number of hydrogen-bond acceptors (Lipinski definition) is 3. The number of nitrogens with one attached hydrogen (secondary N) is 1. The van der Waals surface area contributed by atoms with Crippen LogP contribution in [0.25, 0.3) is 0 Å². The van der Waals surface area contributed by atoms with E-state index in [1.807, 2.05) is 6.07 Å². The quantitative estimate of drug-likeness (QED) is 0.458. The van der Waals surface area contributed by atoms with Gasteiger partial charge in [0.05, 0.1) is 6.61 Å². The molecule has 0 spiro atoms. The van der Waals surface area contributed by atoms with Gasteiger partial charge in [-0.3, -0.25) is 5.84 Å². The Bertz CT molecular complexity index is 437. The second-order valence-electron chi connectivity index (χ2n) is 3.86. The van der Waals surface area contributed by atoms with Crippen LogP contribution in [0.1, 0.15) is 24.4 Å². The molecule has 0 aromatic heterocycles. The molecular weight excluding hydrogens is 395 g/mol. The fourth-order valence-corrected chi connectivity index (χ4v) is 2.86. The fourth-order valence-electron chi connectivity index (χ4n) is 1.84. The molecule has 1 aliphatic rings. The maximum absolute atomic E-state index is 5.68. The highest BCUT2D eigenvalue weighted by Gasteiger charge is 2.20. The summed E-state index contributed by atoms with van der Waals surface area (Å²) in [5.74, 6) is 6.59. The highest BCUT2D eigenvalue weighted by Crippen LogP contribution is 2.30. The summed E-state index contributed by atoms with van der Waals surface area (Å²) in [5, 5.41) is 0. The molecule has 0 bridgehead atoms. The summed E-state index contributed by atoms with van der Waals surface area (Å²) in [6.45, 7) is 0.772. The van der Waals surface area contributed by atoms with Crippen molar-refractivity contribution in [1.82, 2.24) is 5.43 Å². The van der Waals surface area contributed by atoms with Gasteiger partial charge in [-0.25, -0.2) is 5.43 Å². The van der Waals surface area contributed by atoms with Crippen molar-refractivity contribution in [2.75, 3.05) is 6.61 Å².